The zero-order valence-corrected chi connectivity index (χ0v) is 12.0. The molecular weight excluding hydrogens is 262 g/mol. The predicted molar refractivity (Wildman–Crippen MR) is 76.8 cm³/mol. The summed E-state index contributed by atoms with van der Waals surface area (Å²) in [5.74, 6) is 0.371. The molecule has 1 aromatic rings. The predicted octanol–water partition coefficient (Wildman–Crippen LogP) is 2.46. The van der Waals surface area contributed by atoms with Crippen LogP contribution < -0.4 is 0 Å². The first-order chi connectivity index (χ1) is 8.89. The van der Waals surface area contributed by atoms with Crippen molar-refractivity contribution in [1.82, 2.24) is 4.90 Å². The molecule has 1 amide bonds. The second-order valence-corrected chi connectivity index (χ2v) is 7.16. The Hall–Kier alpha value is -1.36. The summed E-state index contributed by atoms with van der Waals surface area (Å²) in [5, 5.41) is 18.7. The van der Waals surface area contributed by atoms with E-state index < -0.39 is 0 Å². The lowest BCUT2D eigenvalue weighted by Crippen LogP contribution is -2.33. The Morgan fingerprint density at radius 3 is 2.68 bits per heavy atom. The molecule has 19 heavy (non-hydrogen) atoms. The van der Waals surface area contributed by atoms with Crippen molar-refractivity contribution in [3.63, 3.8) is 0 Å². The van der Waals surface area contributed by atoms with Gasteiger partial charge in [-0.05, 0) is 24.6 Å². The summed E-state index contributed by atoms with van der Waals surface area (Å²) in [6.45, 7) is 5.82. The number of thioether (sulfide) groups is 1. The number of benzene rings is 1. The summed E-state index contributed by atoms with van der Waals surface area (Å²) in [7, 11) is 0. The number of carbonyl (C=O) groups is 1. The normalized spacial score (nSPS) is 18.9. The lowest BCUT2D eigenvalue weighted by molar-refractivity contribution is 0.0764. The van der Waals surface area contributed by atoms with Gasteiger partial charge in [-0.25, -0.2) is 0 Å². The summed E-state index contributed by atoms with van der Waals surface area (Å²) in [5.41, 5.74) is 0.417. The van der Waals surface area contributed by atoms with Gasteiger partial charge in [0.2, 0.25) is 0 Å². The smallest absolute Gasteiger partial charge is 0.254 e. The van der Waals surface area contributed by atoms with Gasteiger partial charge in [0.1, 0.15) is 0 Å². The lowest BCUT2D eigenvalue weighted by Gasteiger charge is -2.22. The zero-order valence-electron chi connectivity index (χ0n) is 11.2. The van der Waals surface area contributed by atoms with Crippen LogP contribution in [0.5, 0.6) is 11.5 Å². The first-order valence-corrected chi connectivity index (χ1v) is 7.33. The maximum absolute atomic E-state index is 12.4. The Labute approximate surface area is 117 Å². The van der Waals surface area contributed by atoms with Crippen LogP contribution >= 0.6 is 11.8 Å². The number of phenolic OH excluding ortho intramolecular Hbond substituents is 2. The van der Waals surface area contributed by atoms with Gasteiger partial charge in [0.15, 0.2) is 11.5 Å². The molecule has 1 aliphatic rings. The van der Waals surface area contributed by atoms with Crippen LogP contribution in [0, 0.1) is 0 Å². The van der Waals surface area contributed by atoms with Crippen molar-refractivity contribution in [2.24, 2.45) is 0 Å². The number of aromatic hydroxyl groups is 2. The molecule has 0 radical (unpaired) electrons. The summed E-state index contributed by atoms with van der Waals surface area (Å²) in [6, 6.07) is 4.21. The maximum atomic E-state index is 12.4. The van der Waals surface area contributed by atoms with Crippen molar-refractivity contribution in [2.75, 3.05) is 18.8 Å². The maximum Gasteiger partial charge on any atom is 0.254 e. The van der Waals surface area contributed by atoms with Crippen LogP contribution in [0.25, 0.3) is 0 Å². The molecule has 104 valence electrons. The highest BCUT2D eigenvalue weighted by atomic mass is 32.2. The second-order valence-electron chi connectivity index (χ2n) is 5.35. The summed E-state index contributed by atoms with van der Waals surface area (Å²) < 4.78 is 0.201. The molecule has 1 aliphatic heterocycles. The Kier molecular flexibility index (Phi) is 3.94. The van der Waals surface area contributed by atoms with Crippen LogP contribution in [0.15, 0.2) is 18.2 Å². The minimum atomic E-state index is -0.254. The number of nitrogens with zero attached hydrogens (tertiary/aromatic N) is 1. The van der Waals surface area contributed by atoms with Crippen molar-refractivity contribution in [3.8, 4) is 11.5 Å². The van der Waals surface area contributed by atoms with Crippen molar-refractivity contribution >= 4 is 17.7 Å². The Morgan fingerprint density at radius 2 is 2.00 bits per heavy atom. The number of amides is 1. The molecule has 5 heteroatoms. The van der Waals surface area contributed by atoms with E-state index in [1.807, 2.05) is 16.7 Å². The lowest BCUT2D eigenvalue weighted by atomic mass is 10.1. The van der Waals surface area contributed by atoms with Crippen molar-refractivity contribution in [3.05, 3.63) is 23.8 Å². The van der Waals surface area contributed by atoms with Crippen LogP contribution in [-0.2, 0) is 0 Å². The molecule has 1 saturated heterocycles. The first-order valence-electron chi connectivity index (χ1n) is 6.34. The van der Waals surface area contributed by atoms with E-state index in [-0.39, 0.29) is 22.2 Å². The van der Waals surface area contributed by atoms with E-state index in [4.69, 9.17) is 0 Å². The van der Waals surface area contributed by atoms with Crippen LogP contribution in [0.4, 0.5) is 0 Å². The SMILES string of the molecule is CC1(C)CCN(C(=O)c2ccc(O)c(O)c2)CCS1. The van der Waals surface area contributed by atoms with Gasteiger partial charge in [-0.1, -0.05) is 13.8 Å². The summed E-state index contributed by atoms with van der Waals surface area (Å²) in [6.07, 6.45) is 0.952. The van der Waals surface area contributed by atoms with Crippen molar-refractivity contribution in [1.29, 1.82) is 0 Å². The standard InChI is InChI=1S/C14H19NO3S/c1-14(2)5-6-15(7-8-19-14)13(18)10-3-4-11(16)12(17)9-10/h3-4,9,16-17H,5-8H2,1-2H3. The number of rotatable bonds is 1. The summed E-state index contributed by atoms with van der Waals surface area (Å²) >= 11 is 1.88. The second kappa shape index (κ2) is 5.33. The van der Waals surface area contributed by atoms with Crippen LogP contribution in [0.1, 0.15) is 30.6 Å². The molecule has 2 N–H and O–H groups in total. The van der Waals surface area contributed by atoms with Gasteiger partial charge in [0, 0.05) is 29.2 Å². The molecule has 4 nitrogen and oxygen atoms in total. The fourth-order valence-corrected chi connectivity index (χ4v) is 3.16. The van der Waals surface area contributed by atoms with E-state index in [0.29, 0.717) is 12.1 Å². The van der Waals surface area contributed by atoms with E-state index in [1.54, 1.807) is 6.07 Å². The van der Waals surface area contributed by atoms with E-state index in [9.17, 15) is 15.0 Å². The third-order valence-electron chi connectivity index (χ3n) is 3.35. The minimum Gasteiger partial charge on any atom is -0.504 e. The highest BCUT2D eigenvalue weighted by molar-refractivity contribution is 8.00. The van der Waals surface area contributed by atoms with Crippen LogP contribution in [0.2, 0.25) is 0 Å². The Balaban J connectivity index is 2.13. The topological polar surface area (TPSA) is 60.8 Å². The number of hydrogen-bond donors (Lipinski definition) is 2. The van der Waals surface area contributed by atoms with Gasteiger partial charge in [-0.2, -0.15) is 11.8 Å². The molecule has 1 fully saturated rings. The monoisotopic (exact) mass is 281 g/mol. The number of phenols is 2. The largest absolute Gasteiger partial charge is 0.504 e. The van der Waals surface area contributed by atoms with Crippen LogP contribution in [0.3, 0.4) is 0 Å². The third kappa shape index (κ3) is 3.35. The van der Waals surface area contributed by atoms with Gasteiger partial charge in [-0.15, -0.1) is 0 Å². The quantitative estimate of drug-likeness (QED) is 0.776. The molecule has 0 unspecified atom stereocenters. The Morgan fingerprint density at radius 1 is 1.26 bits per heavy atom. The third-order valence-corrected chi connectivity index (χ3v) is 4.72. The molecule has 0 aliphatic carbocycles. The molecular formula is C14H19NO3S. The van der Waals surface area contributed by atoms with Gasteiger partial charge >= 0.3 is 0 Å². The average molecular weight is 281 g/mol. The van der Waals surface area contributed by atoms with Crippen LogP contribution in [-0.4, -0.2) is 44.6 Å². The highest BCUT2D eigenvalue weighted by Crippen LogP contribution is 2.31. The van der Waals surface area contributed by atoms with Gasteiger partial charge in [-0.3, -0.25) is 4.79 Å². The van der Waals surface area contributed by atoms with Gasteiger partial charge in [0.25, 0.3) is 5.91 Å². The molecule has 2 rings (SSSR count). The first kappa shape index (κ1) is 14.1. The number of hydrogen-bond acceptors (Lipinski definition) is 4. The fourth-order valence-electron chi connectivity index (χ4n) is 2.06. The van der Waals surface area contributed by atoms with Gasteiger partial charge in [0.05, 0.1) is 0 Å². The van der Waals surface area contributed by atoms with E-state index in [1.165, 1.54) is 12.1 Å². The molecule has 0 atom stereocenters. The molecule has 0 bridgehead atoms. The number of carbonyl (C=O) groups excluding carboxylic acids is 1. The zero-order chi connectivity index (χ0) is 14.0. The average Bonchev–Trinajstić information content (AvgIpc) is 2.53. The highest BCUT2D eigenvalue weighted by Gasteiger charge is 2.26. The van der Waals surface area contributed by atoms with E-state index in [0.717, 1.165) is 18.7 Å². The fraction of sp³-hybridized carbons (Fsp3) is 0.500. The van der Waals surface area contributed by atoms with Crippen molar-refractivity contribution in [2.45, 2.75) is 25.0 Å². The van der Waals surface area contributed by atoms with Crippen molar-refractivity contribution < 1.29 is 15.0 Å². The summed E-state index contributed by atoms with van der Waals surface area (Å²) in [4.78, 5) is 14.2. The molecule has 0 spiro atoms. The molecule has 1 heterocycles. The molecule has 1 aromatic carbocycles. The van der Waals surface area contributed by atoms with E-state index in [2.05, 4.69) is 13.8 Å². The van der Waals surface area contributed by atoms with Gasteiger partial charge < -0.3 is 15.1 Å². The minimum absolute atomic E-state index is 0.0893. The molecule has 0 aromatic heterocycles. The Bertz CT molecular complexity index is 488. The molecule has 0 saturated carbocycles. The van der Waals surface area contributed by atoms with E-state index >= 15 is 0 Å².